The fourth-order valence-electron chi connectivity index (χ4n) is 4.27. The van der Waals surface area contributed by atoms with E-state index >= 15 is 0 Å². The first-order valence-corrected chi connectivity index (χ1v) is 12.0. The first-order chi connectivity index (χ1) is 17.7. The molecule has 1 aliphatic rings. The lowest BCUT2D eigenvalue weighted by Gasteiger charge is -2.25. The highest BCUT2D eigenvalue weighted by Gasteiger charge is 2.47. The molecule has 8 heteroatoms. The standard InChI is InChI=1S/C29H28N2O6/c1-5-36-23-11-8-21(16-18(23)4)26(32)24-25(19-12-14-30-15-13-19)31(28(34)27(24)33)22-9-6-20(7-10-22)29(35)37-17(2)3/h6-17,25,32H,5H2,1-4H3/b26-24-. The van der Waals surface area contributed by atoms with E-state index in [1.54, 1.807) is 80.8 Å². The summed E-state index contributed by atoms with van der Waals surface area (Å²) in [6.45, 7) is 7.72. The van der Waals surface area contributed by atoms with Crippen molar-refractivity contribution >= 4 is 29.1 Å². The van der Waals surface area contributed by atoms with Gasteiger partial charge in [0.2, 0.25) is 0 Å². The number of hydrogen-bond acceptors (Lipinski definition) is 7. The molecule has 1 saturated heterocycles. The van der Waals surface area contributed by atoms with Gasteiger partial charge in [0.25, 0.3) is 11.7 Å². The Morgan fingerprint density at radius 3 is 2.27 bits per heavy atom. The van der Waals surface area contributed by atoms with Crippen LogP contribution < -0.4 is 9.64 Å². The number of carbonyl (C=O) groups is 3. The third-order valence-corrected chi connectivity index (χ3v) is 5.94. The molecule has 2 aromatic carbocycles. The Morgan fingerprint density at radius 1 is 1.03 bits per heavy atom. The van der Waals surface area contributed by atoms with Crippen molar-refractivity contribution in [1.29, 1.82) is 0 Å². The van der Waals surface area contributed by atoms with Crippen molar-refractivity contribution < 1.29 is 29.0 Å². The molecule has 1 N–H and O–H groups in total. The number of aliphatic hydroxyl groups excluding tert-OH is 1. The molecule has 1 atom stereocenters. The van der Waals surface area contributed by atoms with Crippen molar-refractivity contribution in [2.75, 3.05) is 11.5 Å². The molecule has 3 aromatic rings. The molecule has 1 amide bonds. The van der Waals surface area contributed by atoms with Crippen molar-refractivity contribution in [2.45, 2.75) is 39.8 Å². The highest BCUT2D eigenvalue weighted by Crippen LogP contribution is 2.42. The Balaban J connectivity index is 1.81. The molecule has 190 valence electrons. The largest absolute Gasteiger partial charge is 0.507 e. The minimum absolute atomic E-state index is 0.0388. The molecule has 0 saturated carbocycles. The molecule has 37 heavy (non-hydrogen) atoms. The van der Waals surface area contributed by atoms with Gasteiger partial charge in [-0.15, -0.1) is 0 Å². The normalized spacial score (nSPS) is 16.8. The fourth-order valence-corrected chi connectivity index (χ4v) is 4.27. The third-order valence-electron chi connectivity index (χ3n) is 5.94. The molecular weight excluding hydrogens is 472 g/mol. The Hall–Kier alpha value is -4.46. The van der Waals surface area contributed by atoms with Crippen LogP contribution in [0.4, 0.5) is 5.69 Å². The van der Waals surface area contributed by atoms with Gasteiger partial charge < -0.3 is 14.6 Å². The number of esters is 1. The predicted molar refractivity (Wildman–Crippen MR) is 138 cm³/mol. The van der Waals surface area contributed by atoms with Crippen molar-refractivity contribution in [2.24, 2.45) is 0 Å². The van der Waals surface area contributed by atoms with Crippen LogP contribution in [0.3, 0.4) is 0 Å². The van der Waals surface area contributed by atoms with Crippen LogP contribution in [-0.4, -0.2) is 40.5 Å². The quantitative estimate of drug-likeness (QED) is 0.211. The highest BCUT2D eigenvalue weighted by molar-refractivity contribution is 6.51. The van der Waals surface area contributed by atoms with E-state index in [0.717, 1.165) is 5.56 Å². The Labute approximate surface area is 215 Å². The van der Waals surface area contributed by atoms with Crippen molar-refractivity contribution in [3.63, 3.8) is 0 Å². The number of Topliss-reactive ketones (excluding diaryl/α,β-unsaturated/α-hetero) is 1. The number of ether oxygens (including phenoxy) is 2. The number of benzene rings is 2. The number of rotatable bonds is 7. The van der Waals surface area contributed by atoms with Gasteiger partial charge in [0.15, 0.2) is 0 Å². The number of pyridine rings is 1. The number of aromatic nitrogens is 1. The summed E-state index contributed by atoms with van der Waals surface area (Å²) in [5.41, 5.74) is 2.45. The molecule has 0 bridgehead atoms. The lowest BCUT2D eigenvalue weighted by atomic mass is 9.95. The fraction of sp³-hybridized carbons (Fsp3) is 0.241. The van der Waals surface area contributed by atoms with Crippen LogP contribution in [0, 0.1) is 6.92 Å². The zero-order valence-electron chi connectivity index (χ0n) is 21.1. The second-order valence-electron chi connectivity index (χ2n) is 8.86. The predicted octanol–water partition coefficient (Wildman–Crippen LogP) is 4.98. The van der Waals surface area contributed by atoms with Gasteiger partial charge in [-0.25, -0.2) is 4.79 Å². The van der Waals surface area contributed by atoms with Crippen LogP contribution in [0.1, 0.15) is 53.9 Å². The van der Waals surface area contributed by atoms with E-state index in [-0.39, 0.29) is 17.4 Å². The molecule has 0 spiro atoms. The summed E-state index contributed by atoms with van der Waals surface area (Å²) in [5.74, 6) is -1.70. The highest BCUT2D eigenvalue weighted by atomic mass is 16.5. The molecule has 4 rings (SSSR count). The molecule has 0 aliphatic carbocycles. The first kappa shape index (κ1) is 25.6. The van der Waals surface area contributed by atoms with E-state index in [0.29, 0.717) is 34.7 Å². The summed E-state index contributed by atoms with van der Waals surface area (Å²) in [7, 11) is 0. The Kier molecular flexibility index (Phi) is 7.38. The number of carbonyl (C=O) groups excluding carboxylic acids is 3. The van der Waals surface area contributed by atoms with E-state index in [4.69, 9.17) is 9.47 Å². The minimum Gasteiger partial charge on any atom is -0.507 e. The Morgan fingerprint density at radius 2 is 1.68 bits per heavy atom. The smallest absolute Gasteiger partial charge is 0.338 e. The van der Waals surface area contributed by atoms with Gasteiger partial charge in [-0.2, -0.15) is 0 Å². The van der Waals surface area contributed by atoms with E-state index in [1.165, 1.54) is 4.90 Å². The summed E-state index contributed by atoms with van der Waals surface area (Å²) in [6.07, 6.45) is 2.84. The Bertz CT molecular complexity index is 1360. The second kappa shape index (κ2) is 10.7. The van der Waals surface area contributed by atoms with Crippen LogP contribution in [0.15, 0.2) is 72.6 Å². The summed E-state index contributed by atoms with van der Waals surface area (Å²) in [4.78, 5) is 44.3. The summed E-state index contributed by atoms with van der Waals surface area (Å²) in [5, 5.41) is 11.3. The average Bonchev–Trinajstić information content (AvgIpc) is 3.15. The SMILES string of the molecule is CCOc1ccc(/C(O)=C2/C(=O)C(=O)N(c3ccc(C(=O)OC(C)C)cc3)C2c2ccncc2)cc1C. The number of nitrogens with zero attached hydrogens (tertiary/aromatic N) is 2. The minimum atomic E-state index is -0.900. The molecule has 1 aliphatic heterocycles. The van der Waals surface area contributed by atoms with Crippen molar-refractivity contribution in [3.8, 4) is 5.75 Å². The number of aliphatic hydroxyl groups is 1. The molecular formula is C29H28N2O6. The maximum absolute atomic E-state index is 13.3. The second-order valence-corrected chi connectivity index (χ2v) is 8.86. The lowest BCUT2D eigenvalue weighted by Crippen LogP contribution is -2.29. The number of ketones is 1. The van der Waals surface area contributed by atoms with Crippen molar-refractivity contribution in [3.05, 3.63) is 94.8 Å². The van der Waals surface area contributed by atoms with E-state index in [1.807, 2.05) is 13.8 Å². The van der Waals surface area contributed by atoms with Gasteiger partial charge in [-0.05, 0) is 93.4 Å². The average molecular weight is 501 g/mol. The summed E-state index contributed by atoms with van der Waals surface area (Å²) < 4.78 is 10.8. The summed E-state index contributed by atoms with van der Waals surface area (Å²) >= 11 is 0. The van der Waals surface area contributed by atoms with Crippen molar-refractivity contribution in [1.82, 2.24) is 4.98 Å². The zero-order valence-corrected chi connectivity index (χ0v) is 21.1. The number of amides is 1. The first-order valence-electron chi connectivity index (χ1n) is 12.0. The van der Waals surface area contributed by atoms with E-state index in [2.05, 4.69) is 4.98 Å². The van der Waals surface area contributed by atoms with Gasteiger partial charge in [0.05, 0.1) is 29.9 Å². The molecule has 0 radical (unpaired) electrons. The molecule has 1 fully saturated rings. The molecule has 8 nitrogen and oxygen atoms in total. The van der Waals surface area contributed by atoms with Crippen LogP contribution in [0.5, 0.6) is 5.75 Å². The lowest BCUT2D eigenvalue weighted by molar-refractivity contribution is -0.132. The molecule has 2 heterocycles. The van der Waals surface area contributed by atoms with E-state index < -0.39 is 23.7 Å². The molecule has 1 aromatic heterocycles. The molecule has 1 unspecified atom stereocenters. The van der Waals surface area contributed by atoms with Gasteiger partial charge in [0, 0.05) is 23.6 Å². The van der Waals surface area contributed by atoms with Crippen LogP contribution >= 0.6 is 0 Å². The van der Waals surface area contributed by atoms with Crippen LogP contribution in [0.2, 0.25) is 0 Å². The topological polar surface area (TPSA) is 106 Å². The van der Waals surface area contributed by atoms with Gasteiger partial charge in [0.1, 0.15) is 11.5 Å². The van der Waals surface area contributed by atoms with Gasteiger partial charge in [-0.3, -0.25) is 19.5 Å². The number of anilines is 1. The number of hydrogen-bond donors (Lipinski definition) is 1. The van der Waals surface area contributed by atoms with Gasteiger partial charge >= 0.3 is 5.97 Å². The zero-order chi connectivity index (χ0) is 26.7. The van der Waals surface area contributed by atoms with Crippen LogP contribution in [0.25, 0.3) is 5.76 Å². The van der Waals surface area contributed by atoms with Crippen LogP contribution in [-0.2, 0) is 14.3 Å². The van der Waals surface area contributed by atoms with E-state index in [9.17, 15) is 19.5 Å². The maximum atomic E-state index is 13.3. The number of aryl methyl sites for hydroxylation is 1. The monoisotopic (exact) mass is 500 g/mol. The van der Waals surface area contributed by atoms with Gasteiger partial charge in [-0.1, -0.05) is 0 Å². The maximum Gasteiger partial charge on any atom is 0.338 e. The third kappa shape index (κ3) is 5.09. The summed E-state index contributed by atoms with van der Waals surface area (Å²) in [6, 6.07) is 13.8.